The molecular formula is C11H14ClN2O+. The number of carbonyl (C=O) groups excluding carboxylic acids is 1. The molecule has 0 bridgehead atoms. The first-order valence-corrected chi connectivity index (χ1v) is 5.47. The van der Waals surface area contributed by atoms with Crippen molar-refractivity contribution in [1.82, 2.24) is 5.32 Å². The topological polar surface area (TPSA) is 33.5 Å². The fourth-order valence-electron chi connectivity index (χ4n) is 1.82. The Morgan fingerprint density at radius 2 is 2.20 bits per heavy atom. The second-order valence-corrected chi connectivity index (χ2v) is 4.20. The number of halogens is 1. The van der Waals surface area contributed by atoms with Crippen LogP contribution in [0.25, 0.3) is 0 Å². The molecule has 0 aliphatic carbocycles. The molecule has 1 aliphatic rings. The fraction of sp³-hybridized carbons (Fsp3) is 0.364. The molecule has 1 aromatic carbocycles. The molecule has 1 fully saturated rings. The minimum Gasteiger partial charge on any atom is -0.346 e. The molecule has 1 aliphatic heterocycles. The second kappa shape index (κ2) is 4.64. The summed E-state index contributed by atoms with van der Waals surface area (Å²) < 4.78 is 0. The Hall–Kier alpha value is -1.06. The molecule has 1 aromatic rings. The highest BCUT2D eigenvalue weighted by Gasteiger charge is 2.20. The van der Waals surface area contributed by atoms with Crippen molar-refractivity contribution in [2.75, 3.05) is 19.6 Å². The molecule has 0 aromatic heterocycles. The van der Waals surface area contributed by atoms with E-state index in [4.69, 9.17) is 11.6 Å². The Balaban J connectivity index is 2.02. The van der Waals surface area contributed by atoms with Gasteiger partial charge in [-0.15, -0.1) is 0 Å². The van der Waals surface area contributed by atoms with Crippen LogP contribution in [0.2, 0.25) is 5.02 Å². The molecule has 2 rings (SSSR count). The number of nitrogens with one attached hydrogen (secondary N) is 2. The number of rotatable bonds is 2. The summed E-state index contributed by atoms with van der Waals surface area (Å²) in [6, 6.07) is 7.80. The minimum atomic E-state index is 0.128. The predicted molar refractivity (Wildman–Crippen MR) is 58.9 cm³/mol. The molecule has 1 amide bonds. The lowest BCUT2D eigenvalue weighted by molar-refractivity contribution is -0.907. The summed E-state index contributed by atoms with van der Waals surface area (Å²) in [4.78, 5) is 12.5. The molecule has 1 heterocycles. The Morgan fingerprint density at radius 3 is 2.93 bits per heavy atom. The van der Waals surface area contributed by atoms with Crippen LogP contribution in [0.15, 0.2) is 24.3 Å². The highest BCUT2D eigenvalue weighted by molar-refractivity contribution is 6.31. The molecule has 0 radical (unpaired) electrons. The molecule has 1 unspecified atom stereocenters. The van der Waals surface area contributed by atoms with Gasteiger partial charge in [-0.05, 0) is 6.07 Å². The lowest BCUT2D eigenvalue weighted by Crippen LogP contribution is -3.14. The smallest absolute Gasteiger partial charge is 0.275 e. The van der Waals surface area contributed by atoms with Crippen molar-refractivity contribution in [3.05, 3.63) is 34.9 Å². The predicted octanol–water partition coefficient (Wildman–Crippen LogP) is -0.145. The highest BCUT2D eigenvalue weighted by Crippen LogP contribution is 2.13. The van der Waals surface area contributed by atoms with Gasteiger partial charge in [0.2, 0.25) is 0 Å². The van der Waals surface area contributed by atoms with Crippen LogP contribution < -0.4 is 10.2 Å². The lowest BCUT2D eigenvalue weighted by Gasteiger charge is -2.23. The zero-order valence-electron chi connectivity index (χ0n) is 8.42. The van der Waals surface area contributed by atoms with Crippen molar-refractivity contribution < 1.29 is 9.69 Å². The third-order valence-electron chi connectivity index (χ3n) is 2.61. The molecule has 1 atom stereocenters. The highest BCUT2D eigenvalue weighted by atomic mass is 35.5. The quantitative estimate of drug-likeness (QED) is 0.722. The SMILES string of the molecule is O=C1C[NH+](Cc2ccccc2Cl)CCN1. The summed E-state index contributed by atoms with van der Waals surface area (Å²) in [6.45, 7) is 3.11. The molecule has 80 valence electrons. The average molecular weight is 226 g/mol. The molecule has 0 spiro atoms. The van der Waals surface area contributed by atoms with Crippen LogP contribution in [0.3, 0.4) is 0 Å². The Morgan fingerprint density at radius 1 is 1.40 bits per heavy atom. The van der Waals surface area contributed by atoms with E-state index in [1.165, 1.54) is 4.90 Å². The van der Waals surface area contributed by atoms with Gasteiger partial charge in [-0.3, -0.25) is 4.79 Å². The van der Waals surface area contributed by atoms with Crippen molar-refractivity contribution in [1.29, 1.82) is 0 Å². The van der Waals surface area contributed by atoms with Gasteiger partial charge in [0.1, 0.15) is 6.54 Å². The Labute approximate surface area is 94.0 Å². The van der Waals surface area contributed by atoms with E-state index in [9.17, 15) is 4.79 Å². The van der Waals surface area contributed by atoms with Crippen LogP contribution >= 0.6 is 11.6 Å². The van der Waals surface area contributed by atoms with Crippen molar-refractivity contribution in [3.8, 4) is 0 Å². The Kier molecular flexibility index (Phi) is 3.23. The van der Waals surface area contributed by atoms with Gasteiger partial charge >= 0.3 is 0 Å². The summed E-state index contributed by atoms with van der Waals surface area (Å²) in [5, 5.41) is 3.61. The number of amides is 1. The molecule has 2 N–H and O–H groups in total. The first-order valence-electron chi connectivity index (χ1n) is 5.09. The maximum absolute atomic E-state index is 11.2. The van der Waals surface area contributed by atoms with Gasteiger partial charge in [0.15, 0.2) is 6.54 Å². The number of carbonyl (C=O) groups is 1. The zero-order valence-corrected chi connectivity index (χ0v) is 9.18. The maximum atomic E-state index is 11.2. The van der Waals surface area contributed by atoms with Gasteiger partial charge in [0.25, 0.3) is 5.91 Å². The van der Waals surface area contributed by atoms with Gasteiger partial charge in [0, 0.05) is 10.6 Å². The zero-order chi connectivity index (χ0) is 10.7. The summed E-state index contributed by atoms with van der Waals surface area (Å²) in [5.41, 5.74) is 1.11. The molecule has 4 heteroatoms. The van der Waals surface area contributed by atoms with Crippen molar-refractivity contribution >= 4 is 17.5 Å². The van der Waals surface area contributed by atoms with Gasteiger partial charge in [-0.1, -0.05) is 29.8 Å². The summed E-state index contributed by atoms with van der Waals surface area (Å²) >= 11 is 6.07. The van der Waals surface area contributed by atoms with Crippen molar-refractivity contribution in [3.63, 3.8) is 0 Å². The number of benzene rings is 1. The second-order valence-electron chi connectivity index (χ2n) is 3.79. The van der Waals surface area contributed by atoms with E-state index in [0.29, 0.717) is 6.54 Å². The van der Waals surface area contributed by atoms with E-state index in [1.54, 1.807) is 0 Å². The lowest BCUT2D eigenvalue weighted by atomic mass is 10.2. The molecule has 0 saturated carbocycles. The summed E-state index contributed by atoms with van der Waals surface area (Å²) in [6.07, 6.45) is 0. The fourth-order valence-corrected chi connectivity index (χ4v) is 2.02. The van der Waals surface area contributed by atoms with Crippen LogP contribution in [-0.4, -0.2) is 25.5 Å². The van der Waals surface area contributed by atoms with Gasteiger partial charge < -0.3 is 10.2 Å². The molecule has 3 nitrogen and oxygen atoms in total. The van der Waals surface area contributed by atoms with Crippen LogP contribution in [-0.2, 0) is 11.3 Å². The van der Waals surface area contributed by atoms with E-state index in [0.717, 1.165) is 30.2 Å². The van der Waals surface area contributed by atoms with Crippen molar-refractivity contribution in [2.24, 2.45) is 0 Å². The van der Waals surface area contributed by atoms with E-state index < -0.39 is 0 Å². The summed E-state index contributed by atoms with van der Waals surface area (Å²) in [5.74, 6) is 0.128. The number of hydrogen-bond acceptors (Lipinski definition) is 1. The minimum absolute atomic E-state index is 0.128. The number of quaternary nitrogens is 1. The van der Waals surface area contributed by atoms with E-state index in [-0.39, 0.29) is 5.91 Å². The standard InChI is InChI=1S/C11H13ClN2O/c12-10-4-2-1-3-9(10)7-14-6-5-13-11(15)8-14/h1-4H,5-8H2,(H,13,15)/p+1. The molecular weight excluding hydrogens is 212 g/mol. The normalized spacial score (nSPS) is 21.1. The largest absolute Gasteiger partial charge is 0.346 e. The molecule has 15 heavy (non-hydrogen) atoms. The van der Waals surface area contributed by atoms with E-state index in [2.05, 4.69) is 5.32 Å². The maximum Gasteiger partial charge on any atom is 0.275 e. The molecule has 1 saturated heterocycles. The van der Waals surface area contributed by atoms with Crippen LogP contribution in [0.1, 0.15) is 5.56 Å². The third-order valence-corrected chi connectivity index (χ3v) is 2.98. The van der Waals surface area contributed by atoms with E-state index >= 15 is 0 Å². The number of hydrogen-bond donors (Lipinski definition) is 2. The van der Waals surface area contributed by atoms with Crippen molar-refractivity contribution in [2.45, 2.75) is 6.54 Å². The number of piperazine rings is 1. The van der Waals surface area contributed by atoms with Gasteiger partial charge in [0.05, 0.1) is 13.1 Å². The average Bonchev–Trinajstić information content (AvgIpc) is 2.22. The summed E-state index contributed by atoms with van der Waals surface area (Å²) in [7, 11) is 0. The monoisotopic (exact) mass is 225 g/mol. The Bertz CT molecular complexity index is 367. The van der Waals surface area contributed by atoms with Gasteiger partial charge in [-0.25, -0.2) is 0 Å². The first-order chi connectivity index (χ1) is 7.25. The van der Waals surface area contributed by atoms with Crippen LogP contribution in [0, 0.1) is 0 Å². The third kappa shape index (κ3) is 2.70. The van der Waals surface area contributed by atoms with Crippen LogP contribution in [0.4, 0.5) is 0 Å². The van der Waals surface area contributed by atoms with E-state index in [1.807, 2.05) is 24.3 Å². The van der Waals surface area contributed by atoms with Gasteiger partial charge in [-0.2, -0.15) is 0 Å². The first kappa shape index (κ1) is 10.5. The van der Waals surface area contributed by atoms with Crippen LogP contribution in [0.5, 0.6) is 0 Å².